The molecule has 2 rings (SSSR count). The molecule has 1 fully saturated rings. The topological polar surface area (TPSA) is 38.8 Å². The van der Waals surface area contributed by atoms with Crippen molar-refractivity contribution in [2.75, 3.05) is 25.0 Å². The molecule has 1 atom stereocenters. The van der Waals surface area contributed by atoms with Crippen LogP contribution in [0, 0.1) is 0 Å². The Balaban J connectivity index is 2.02. The SMILES string of the molecule is O=C(c1ccc(OC(F)(F)F)cc1)N1CCOC(CBr)C1. The normalized spacial score (nSPS) is 19.4. The predicted octanol–water partition coefficient (Wildman–Crippen LogP) is 2.82. The monoisotopic (exact) mass is 367 g/mol. The lowest BCUT2D eigenvalue weighted by atomic mass is 10.1. The maximum Gasteiger partial charge on any atom is 0.573 e. The van der Waals surface area contributed by atoms with Crippen LogP contribution in [0.1, 0.15) is 10.4 Å². The summed E-state index contributed by atoms with van der Waals surface area (Å²) in [5, 5.41) is 0.620. The smallest absolute Gasteiger partial charge is 0.406 e. The van der Waals surface area contributed by atoms with Crippen molar-refractivity contribution < 1.29 is 27.4 Å². The Morgan fingerprint density at radius 3 is 2.62 bits per heavy atom. The molecular weight excluding hydrogens is 355 g/mol. The summed E-state index contributed by atoms with van der Waals surface area (Å²) in [5.74, 6) is -0.581. The molecule has 1 aromatic rings. The van der Waals surface area contributed by atoms with Crippen molar-refractivity contribution in [1.29, 1.82) is 0 Å². The van der Waals surface area contributed by atoms with Crippen LogP contribution in [-0.2, 0) is 4.74 Å². The summed E-state index contributed by atoms with van der Waals surface area (Å²) in [4.78, 5) is 13.9. The van der Waals surface area contributed by atoms with Crippen molar-refractivity contribution in [1.82, 2.24) is 4.90 Å². The fraction of sp³-hybridized carbons (Fsp3) is 0.462. The summed E-state index contributed by atoms with van der Waals surface area (Å²) in [6.07, 6.45) is -4.81. The number of benzene rings is 1. The van der Waals surface area contributed by atoms with Gasteiger partial charge in [-0.15, -0.1) is 13.2 Å². The molecule has 4 nitrogen and oxygen atoms in total. The van der Waals surface area contributed by atoms with E-state index in [2.05, 4.69) is 20.7 Å². The van der Waals surface area contributed by atoms with Crippen LogP contribution < -0.4 is 4.74 Å². The number of ether oxygens (including phenoxy) is 2. The second kappa shape index (κ2) is 6.65. The highest BCUT2D eigenvalue weighted by atomic mass is 79.9. The number of amides is 1. The fourth-order valence-electron chi connectivity index (χ4n) is 1.98. The molecule has 0 bridgehead atoms. The van der Waals surface area contributed by atoms with Crippen molar-refractivity contribution >= 4 is 21.8 Å². The summed E-state index contributed by atoms with van der Waals surface area (Å²) in [5.41, 5.74) is 0.319. The molecule has 1 aliphatic rings. The van der Waals surface area contributed by atoms with E-state index in [0.717, 1.165) is 12.1 Å². The number of halogens is 4. The first kappa shape index (κ1) is 16.1. The Bertz CT molecular complexity index is 492. The van der Waals surface area contributed by atoms with Crippen molar-refractivity contribution in [3.8, 4) is 5.75 Å². The molecule has 1 unspecified atom stereocenters. The predicted molar refractivity (Wildman–Crippen MR) is 72.6 cm³/mol. The fourth-order valence-corrected chi connectivity index (χ4v) is 2.37. The Labute approximate surface area is 127 Å². The van der Waals surface area contributed by atoms with Gasteiger partial charge in [-0.3, -0.25) is 4.79 Å². The first-order valence-corrected chi connectivity index (χ1v) is 7.34. The zero-order valence-corrected chi connectivity index (χ0v) is 12.5. The Kier molecular flexibility index (Phi) is 5.10. The second-order valence-corrected chi connectivity index (χ2v) is 5.12. The average molecular weight is 368 g/mol. The van der Waals surface area contributed by atoms with Crippen LogP contribution in [-0.4, -0.2) is 48.3 Å². The van der Waals surface area contributed by atoms with Gasteiger partial charge in [-0.25, -0.2) is 0 Å². The molecule has 1 aliphatic heterocycles. The average Bonchev–Trinajstić information content (AvgIpc) is 2.46. The molecule has 21 heavy (non-hydrogen) atoms. The Morgan fingerprint density at radius 2 is 2.05 bits per heavy atom. The minimum absolute atomic E-state index is 0.0736. The maximum atomic E-state index is 12.2. The standard InChI is InChI=1S/C13H13BrF3NO3/c14-7-11-8-18(5-6-20-11)12(19)9-1-3-10(4-2-9)21-13(15,16)17/h1-4,11H,5-8H2. The van der Waals surface area contributed by atoms with Crippen molar-refractivity contribution in [3.05, 3.63) is 29.8 Å². The lowest BCUT2D eigenvalue weighted by Crippen LogP contribution is -2.46. The molecule has 0 aromatic heterocycles. The number of alkyl halides is 4. The summed E-state index contributed by atoms with van der Waals surface area (Å²) in [6.45, 7) is 1.35. The van der Waals surface area contributed by atoms with Gasteiger partial charge in [0, 0.05) is 24.0 Å². The largest absolute Gasteiger partial charge is 0.573 e. The van der Waals surface area contributed by atoms with E-state index in [9.17, 15) is 18.0 Å². The maximum absolute atomic E-state index is 12.2. The number of morpholine rings is 1. The summed E-state index contributed by atoms with van der Waals surface area (Å²) >= 11 is 3.30. The highest BCUT2D eigenvalue weighted by Gasteiger charge is 2.31. The van der Waals surface area contributed by atoms with E-state index in [1.165, 1.54) is 12.1 Å². The van der Waals surface area contributed by atoms with Gasteiger partial charge in [-0.2, -0.15) is 0 Å². The lowest BCUT2D eigenvalue weighted by molar-refractivity contribution is -0.274. The van der Waals surface area contributed by atoms with E-state index >= 15 is 0 Å². The number of hydrogen-bond donors (Lipinski definition) is 0. The third kappa shape index (κ3) is 4.60. The van der Waals surface area contributed by atoms with Gasteiger partial charge >= 0.3 is 6.36 Å². The zero-order valence-electron chi connectivity index (χ0n) is 10.9. The van der Waals surface area contributed by atoms with E-state index < -0.39 is 6.36 Å². The summed E-state index contributed by atoms with van der Waals surface area (Å²) < 4.78 is 45.4. The second-order valence-electron chi connectivity index (χ2n) is 4.47. The molecule has 0 spiro atoms. The number of carbonyl (C=O) groups excluding carboxylic acids is 1. The quantitative estimate of drug-likeness (QED) is 0.771. The number of nitrogens with zero attached hydrogens (tertiary/aromatic N) is 1. The van der Waals surface area contributed by atoms with Crippen LogP contribution in [0.5, 0.6) is 5.75 Å². The molecule has 1 heterocycles. The number of carbonyl (C=O) groups is 1. The van der Waals surface area contributed by atoms with Crippen LogP contribution in [0.4, 0.5) is 13.2 Å². The van der Waals surface area contributed by atoms with Gasteiger partial charge in [0.25, 0.3) is 5.91 Å². The van der Waals surface area contributed by atoms with Crippen molar-refractivity contribution in [3.63, 3.8) is 0 Å². The van der Waals surface area contributed by atoms with Gasteiger partial charge in [-0.05, 0) is 24.3 Å². The third-order valence-corrected chi connectivity index (χ3v) is 3.66. The van der Waals surface area contributed by atoms with Crippen LogP contribution in [0.2, 0.25) is 0 Å². The lowest BCUT2D eigenvalue weighted by Gasteiger charge is -2.32. The van der Waals surface area contributed by atoms with Gasteiger partial charge in [0.1, 0.15) is 5.75 Å². The van der Waals surface area contributed by atoms with Gasteiger partial charge in [0.2, 0.25) is 0 Å². The summed E-state index contributed by atoms with van der Waals surface area (Å²) in [6, 6.07) is 4.90. The molecule has 1 amide bonds. The van der Waals surface area contributed by atoms with E-state index in [-0.39, 0.29) is 17.8 Å². The van der Waals surface area contributed by atoms with Crippen LogP contribution >= 0.6 is 15.9 Å². The zero-order chi connectivity index (χ0) is 15.5. The Hall–Kier alpha value is -1.28. The molecule has 1 aromatic carbocycles. The molecule has 8 heteroatoms. The molecule has 0 aliphatic carbocycles. The number of rotatable bonds is 3. The van der Waals surface area contributed by atoms with Gasteiger partial charge < -0.3 is 14.4 Å². The molecule has 1 saturated heterocycles. The molecular formula is C13H13BrF3NO3. The van der Waals surface area contributed by atoms with Crippen LogP contribution in [0.25, 0.3) is 0 Å². The highest BCUT2D eigenvalue weighted by Crippen LogP contribution is 2.23. The number of hydrogen-bond acceptors (Lipinski definition) is 3. The van der Waals surface area contributed by atoms with E-state index in [1.54, 1.807) is 4.90 Å². The molecule has 0 radical (unpaired) electrons. The molecule has 116 valence electrons. The minimum Gasteiger partial charge on any atom is -0.406 e. The van der Waals surface area contributed by atoms with Crippen molar-refractivity contribution in [2.45, 2.75) is 12.5 Å². The van der Waals surface area contributed by atoms with Gasteiger partial charge in [0.15, 0.2) is 0 Å². The summed E-state index contributed by atoms with van der Waals surface area (Å²) in [7, 11) is 0. The third-order valence-electron chi connectivity index (χ3n) is 2.93. The van der Waals surface area contributed by atoms with E-state index in [1.807, 2.05) is 0 Å². The molecule has 0 saturated carbocycles. The first-order valence-electron chi connectivity index (χ1n) is 6.21. The van der Waals surface area contributed by atoms with Crippen molar-refractivity contribution in [2.24, 2.45) is 0 Å². The highest BCUT2D eigenvalue weighted by molar-refractivity contribution is 9.09. The van der Waals surface area contributed by atoms with Crippen LogP contribution in [0.15, 0.2) is 24.3 Å². The molecule has 0 N–H and O–H groups in total. The van der Waals surface area contributed by atoms with Crippen LogP contribution in [0.3, 0.4) is 0 Å². The first-order chi connectivity index (χ1) is 9.89. The minimum atomic E-state index is -4.74. The van der Waals surface area contributed by atoms with E-state index in [4.69, 9.17) is 4.74 Å². The van der Waals surface area contributed by atoms with E-state index in [0.29, 0.717) is 30.6 Å². The van der Waals surface area contributed by atoms with Gasteiger partial charge in [0.05, 0.1) is 12.7 Å². The Morgan fingerprint density at radius 1 is 1.38 bits per heavy atom. The van der Waals surface area contributed by atoms with Gasteiger partial charge in [-0.1, -0.05) is 15.9 Å².